The number of rotatable bonds is 5. The van der Waals surface area contributed by atoms with E-state index in [1.807, 2.05) is 14.0 Å². The van der Waals surface area contributed by atoms with Crippen LogP contribution >= 0.6 is 0 Å². The Hall–Kier alpha value is -1.55. The molecule has 4 heteroatoms. The predicted octanol–water partition coefficient (Wildman–Crippen LogP) is 1.04. The zero-order valence-electron chi connectivity index (χ0n) is 9.71. The van der Waals surface area contributed by atoms with Gasteiger partial charge in [-0.05, 0) is 39.1 Å². The smallest absolute Gasteiger partial charge is 0.255 e. The minimum Gasteiger partial charge on any atom is -0.507 e. The largest absolute Gasteiger partial charge is 0.507 e. The molecule has 1 amide bonds. The third kappa shape index (κ3) is 3.55. The SMILES string of the molecule is CNCCCNC(=O)c1cc(C)ccc1O. The molecule has 0 saturated heterocycles. The Kier molecular flexibility index (Phi) is 4.79. The number of carbonyl (C=O) groups is 1. The highest BCUT2D eigenvalue weighted by Gasteiger charge is 2.09. The minimum absolute atomic E-state index is 0.0247. The van der Waals surface area contributed by atoms with Crippen molar-refractivity contribution >= 4 is 5.91 Å². The second-order valence-corrected chi connectivity index (χ2v) is 3.73. The van der Waals surface area contributed by atoms with Crippen molar-refractivity contribution in [1.82, 2.24) is 10.6 Å². The number of phenols is 1. The number of hydrogen-bond donors (Lipinski definition) is 3. The minimum atomic E-state index is -0.225. The molecular formula is C12H18N2O2. The van der Waals surface area contributed by atoms with E-state index >= 15 is 0 Å². The Bertz CT molecular complexity index is 364. The van der Waals surface area contributed by atoms with Crippen LogP contribution in [0.1, 0.15) is 22.3 Å². The fourth-order valence-corrected chi connectivity index (χ4v) is 1.39. The number of aryl methyl sites for hydroxylation is 1. The number of aromatic hydroxyl groups is 1. The molecule has 0 bridgehead atoms. The summed E-state index contributed by atoms with van der Waals surface area (Å²) < 4.78 is 0. The maximum absolute atomic E-state index is 11.7. The molecule has 0 aromatic heterocycles. The molecule has 0 radical (unpaired) electrons. The maximum Gasteiger partial charge on any atom is 0.255 e. The molecule has 0 unspecified atom stereocenters. The lowest BCUT2D eigenvalue weighted by Crippen LogP contribution is -2.26. The number of nitrogens with one attached hydrogen (secondary N) is 2. The van der Waals surface area contributed by atoms with Gasteiger partial charge in [-0.15, -0.1) is 0 Å². The molecule has 0 aliphatic heterocycles. The standard InChI is InChI=1S/C12H18N2O2/c1-9-4-5-11(15)10(8-9)12(16)14-7-3-6-13-2/h4-5,8,13,15H,3,6-7H2,1-2H3,(H,14,16). The van der Waals surface area contributed by atoms with E-state index in [2.05, 4.69) is 10.6 Å². The van der Waals surface area contributed by atoms with Gasteiger partial charge in [0.05, 0.1) is 5.56 Å². The Labute approximate surface area is 95.7 Å². The average molecular weight is 222 g/mol. The van der Waals surface area contributed by atoms with E-state index < -0.39 is 0 Å². The van der Waals surface area contributed by atoms with Gasteiger partial charge in [0, 0.05) is 6.54 Å². The van der Waals surface area contributed by atoms with Crippen molar-refractivity contribution in [2.75, 3.05) is 20.1 Å². The highest BCUT2D eigenvalue weighted by atomic mass is 16.3. The molecule has 16 heavy (non-hydrogen) atoms. The predicted molar refractivity (Wildman–Crippen MR) is 63.7 cm³/mol. The maximum atomic E-state index is 11.7. The van der Waals surface area contributed by atoms with E-state index in [9.17, 15) is 9.90 Å². The van der Waals surface area contributed by atoms with Crippen molar-refractivity contribution in [1.29, 1.82) is 0 Å². The average Bonchev–Trinajstić information content (AvgIpc) is 2.27. The van der Waals surface area contributed by atoms with Crippen LogP contribution < -0.4 is 10.6 Å². The summed E-state index contributed by atoms with van der Waals surface area (Å²) in [6.45, 7) is 3.35. The lowest BCUT2D eigenvalue weighted by molar-refractivity contribution is 0.0950. The third-order valence-electron chi connectivity index (χ3n) is 2.29. The Balaban J connectivity index is 2.55. The monoisotopic (exact) mass is 222 g/mol. The molecule has 0 aliphatic carbocycles. The Morgan fingerprint density at radius 1 is 1.38 bits per heavy atom. The van der Waals surface area contributed by atoms with Gasteiger partial charge in [0.15, 0.2) is 0 Å². The van der Waals surface area contributed by atoms with Gasteiger partial charge in [0.1, 0.15) is 5.75 Å². The highest BCUT2D eigenvalue weighted by Crippen LogP contribution is 2.17. The molecule has 0 aliphatic rings. The normalized spacial score (nSPS) is 10.1. The van der Waals surface area contributed by atoms with Gasteiger partial charge < -0.3 is 15.7 Å². The summed E-state index contributed by atoms with van der Waals surface area (Å²) >= 11 is 0. The van der Waals surface area contributed by atoms with Gasteiger partial charge in [-0.25, -0.2) is 0 Å². The Morgan fingerprint density at radius 2 is 2.12 bits per heavy atom. The zero-order valence-corrected chi connectivity index (χ0v) is 9.71. The van der Waals surface area contributed by atoms with Crippen molar-refractivity contribution in [2.45, 2.75) is 13.3 Å². The highest BCUT2D eigenvalue weighted by molar-refractivity contribution is 5.96. The van der Waals surface area contributed by atoms with Crippen LogP contribution in [0, 0.1) is 6.92 Å². The first-order chi connectivity index (χ1) is 7.65. The molecule has 4 nitrogen and oxygen atoms in total. The third-order valence-corrected chi connectivity index (χ3v) is 2.29. The quantitative estimate of drug-likeness (QED) is 0.652. The molecular weight excluding hydrogens is 204 g/mol. The molecule has 1 aromatic rings. The number of hydrogen-bond acceptors (Lipinski definition) is 3. The fourth-order valence-electron chi connectivity index (χ4n) is 1.39. The van der Waals surface area contributed by atoms with Crippen LogP contribution in [0.4, 0.5) is 0 Å². The fraction of sp³-hybridized carbons (Fsp3) is 0.417. The van der Waals surface area contributed by atoms with E-state index in [-0.39, 0.29) is 11.7 Å². The number of benzene rings is 1. The van der Waals surface area contributed by atoms with Crippen molar-refractivity contribution in [2.24, 2.45) is 0 Å². The molecule has 88 valence electrons. The molecule has 0 atom stereocenters. The van der Waals surface area contributed by atoms with Gasteiger partial charge in [-0.2, -0.15) is 0 Å². The molecule has 0 heterocycles. The van der Waals surface area contributed by atoms with Gasteiger partial charge >= 0.3 is 0 Å². The van der Waals surface area contributed by atoms with E-state index in [4.69, 9.17) is 0 Å². The summed E-state index contributed by atoms with van der Waals surface area (Å²) in [5.41, 5.74) is 1.29. The topological polar surface area (TPSA) is 61.4 Å². The van der Waals surface area contributed by atoms with Crippen LogP contribution in [-0.2, 0) is 0 Å². The zero-order chi connectivity index (χ0) is 12.0. The molecule has 0 fully saturated rings. The number of phenolic OH excluding ortho intramolecular Hbond substituents is 1. The first-order valence-corrected chi connectivity index (χ1v) is 5.37. The molecule has 3 N–H and O–H groups in total. The molecule has 1 rings (SSSR count). The van der Waals surface area contributed by atoms with E-state index in [0.29, 0.717) is 12.1 Å². The molecule has 1 aromatic carbocycles. The lowest BCUT2D eigenvalue weighted by atomic mass is 10.1. The summed E-state index contributed by atoms with van der Waals surface area (Å²) in [4.78, 5) is 11.7. The van der Waals surface area contributed by atoms with Crippen LogP contribution in [0.25, 0.3) is 0 Å². The first kappa shape index (κ1) is 12.5. The second-order valence-electron chi connectivity index (χ2n) is 3.73. The van der Waals surface area contributed by atoms with Gasteiger partial charge in [-0.3, -0.25) is 4.79 Å². The van der Waals surface area contributed by atoms with E-state index in [1.165, 1.54) is 6.07 Å². The van der Waals surface area contributed by atoms with E-state index in [1.54, 1.807) is 12.1 Å². The lowest BCUT2D eigenvalue weighted by Gasteiger charge is -2.07. The molecule has 0 saturated carbocycles. The summed E-state index contributed by atoms with van der Waals surface area (Å²) in [6.07, 6.45) is 0.870. The van der Waals surface area contributed by atoms with Gasteiger partial charge in [-0.1, -0.05) is 11.6 Å². The second kappa shape index (κ2) is 6.12. The van der Waals surface area contributed by atoms with Crippen LogP contribution in [0.3, 0.4) is 0 Å². The summed E-state index contributed by atoms with van der Waals surface area (Å²) in [6, 6.07) is 4.99. The number of carbonyl (C=O) groups excluding carboxylic acids is 1. The summed E-state index contributed by atoms with van der Waals surface area (Å²) in [7, 11) is 1.87. The van der Waals surface area contributed by atoms with Crippen molar-refractivity contribution in [3.63, 3.8) is 0 Å². The Morgan fingerprint density at radius 3 is 2.81 bits per heavy atom. The van der Waals surface area contributed by atoms with Gasteiger partial charge in [0.25, 0.3) is 5.91 Å². The number of amides is 1. The summed E-state index contributed by atoms with van der Waals surface area (Å²) in [5.74, 6) is -0.200. The van der Waals surface area contributed by atoms with E-state index in [0.717, 1.165) is 18.5 Å². The summed E-state index contributed by atoms with van der Waals surface area (Å²) in [5, 5.41) is 15.3. The molecule has 0 spiro atoms. The van der Waals surface area contributed by atoms with Crippen LogP contribution in [-0.4, -0.2) is 31.2 Å². The van der Waals surface area contributed by atoms with Gasteiger partial charge in [0.2, 0.25) is 0 Å². The van der Waals surface area contributed by atoms with Crippen LogP contribution in [0.2, 0.25) is 0 Å². The van der Waals surface area contributed by atoms with Crippen molar-refractivity contribution < 1.29 is 9.90 Å². The van der Waals surface area contributed by atoms with Crippen LogP contribution in [0.15, 0.2) is 18.2 Å². The van der Waals surface area contributed by atoms with Crippen LogP contribution in [0.5, 0.6) is 5.75 Å². The van der Waals surface area contributed by atoms with Crippen molar-refractivity contribution in [3.05, 3.63) is 29.3 Å². The van der Waals surface area contributed by atoms with Crippen molar-refractivity contribution in [3.8, 4) is 5.75 Å². The first-order valence-electron chi connectivity index (χ1n) is 5.37.